The lowest BCUT2D eigenvalue weighted by Crippen LogP contribution is -2.25. The van der Waals surface area contributed by atoms with E-state index in [1.54, 1.807) is 12.1 Å². The van der Waals surface area contributed by atoms with E-state index in [1.807, 2.05) is 0 Å². The van der Waals surface area contributed by atoms with Crippen LogP contribution in [0, 0.1) is 11.7 Å². The second-order valence-corrected chi connectivity index (χ2v) is 4.59. The molecule has 3 rings (SSSR count). The van der Waals surface area contributed by atoms with Gasteiger partial charge in [0.2, 0.25) is 0 Å². The van der Waals surface area contributed by atoms with Crippen LogP contribution in [0.1, 0.15) is 29.6 Å². The Labute approximate surface area is 93.4 Å². The van der Waals surface area contributed by atoms with Crippen LogP contribution in [-0.2, 0) is 4.74 Å². The maximum atomic E-state index is 12.7. The van der Waals surface area contributed by atoms with Crippen molar-refractivity contribution in [1.82, 2.24) is 0 Å². The molecule has 0 radical (unpaired) electrons. The predicted molar refractivity (Wildman–Crippen MR) is 56.7 cm³/mol. The Bertz CT molecular complexity index is 412. The normalized spacial score (nSPS) is 31.9. The zero-order valence-electron chi connectivity index (χ0n) is 8.86. The van der Waals surface area contributed by atoms with Gasteiger partial charge in [-0.2, -0.15) is 0 Å². The van der Waals surface area contributed by atoms with Crippen LogP contribution < -0.4 is 0 Å². The van der Waals surface area contributed by atoms with Gasteiger partial charge in [-0.15, -0.1) is 0 Å². The van der Waals surface area contributed by atoms with Crippen LogP contribution in [0.4, 0.5) is 4.39 Å². The average Bonchev–Trinajstić information content (AvgIpc) is 2.91. The molecule has 3 atom stereocenters. The molecular formula is C13H13FO2. The molecule has 0 saturated carbocycles. The van der Waals surface area contributed by atoms with Crippen LogP contribution in [0.3, 0.4) is 0 Å². The molecule has 2 bridgehead atoms. The molecule has 3 heteroatoms. The molecular weight excluding hydrogens is 207 g/mol. The third-order valence-electron chi connectivity index (χ3n) is 3.57. The molecule has 2 saturated heterocycles. The maximum absolute atomic E-state index is 12.7. The first-order valence-electron chi connectivity index (χ1n) is 5.69. The van der Waals surface area contributed by atoms with Crippen molar-refractivity contribution < 1.29 is 13.9 Å². The number of hydrogen-bond donors (Lipinski definition) is 0. The smallest absolute Gasteiger partial charge is 0.168 e. The Hall–Kier alpha value is -1.22. The van der Waals surface area contributed by atoms with Crippen LogP contribution in [0.25, 0.3) is 0 Å². The highest BCUT2D eigenvalue weighted by atomic mass is 19.1. The van der Waals surface area contributed by atoms with Crippen molar-refractivity contribution in [3.05, 3.63) is 35.6 Å². The van der Waals surface area contributed by atoms with Crippen molar-refractivity contribution in [3.8, 4) is 0 Å². The summed E-state index contributed by atoms with van der Waals surface area (Å²) < 4.78 is 18.4. The van der Waals surface area contributed by atoms with E-state index in [2.05, 4.69) is 0 Å². The summed E-state index contributed by atoms with van der Waals surface area (Å²) in [6.45, 7) is 0. The van der Waals surface area contributed by atoms with Crippen molar-refractivity contribution in [2.24, 2.45) is 5.92 Å². The van der Waals surface area contributed by atoms with Gasteiger partial charge in [0.1, 0.15) is 5.82 Å². The molecule has 16 heavy (non-hydrogen) atoms. The van der Waals surface area contributed by atoms with Crippen molar-refractivity contribution in [2.75, 3.05) is 0 Å². The number of carbonyl (C=O) groups is 1. The molecule has 0 aliphatic carbocycles. The quantitative estimate of drug-likeness (QED) is 0.716. The Balaban J connectivity index is 1.80. The van der Waals surface area contributed by atoms with Gasteiger partial charge in [0.25, 0.3) is 0 Å². The van der Waals surface area contributed by atoms with Gasteiger partial charge in [-0.25, -0.2) is 4.39 Å². The van der Waals surface area contributed by atoms with Crippen molar-refractivity contribution >= 4 is 5.78 Å². The van der Waals surface area contributed by atoms with Gasteiger partial charge in [0.05, 0.1) is 18.1 Å². The van der Waals surface area contributed by atoms with Crippen LogP contribution in [0.15, 0.2) is 24.3 Å². The summed E-state index contributed by atoms with van der Waals surface area (Å²) >= 11 is 0. The molecule has 2 aliphatic rings. The van der Waals surface area contributed by atoms with Crippen LogP contribution >= 0.6 is 0 Å². The number of hydrogen-bond acceptors (Lipinski definition) is 2. The lowest BCUT2D eigenvalue weighted by atomic mass is 9.84. The monoisotopic (exact) mass is 220 g/mol. The lowest BCUT2D eigenvalue weighted by molar-refractivity contribution is 0.0743. The predicted octanol–water partition coefficient (Wildman–Crippen LogP) is 2.58. The first-order valence-corrected chi connectivity index (χ1v) is 5.69. The topological polar surface area (TPSA) is 26.3 Å². The maximum Gasteiger partial charge on any atom is 0.168 e. The van der Waals surface area contributed by atoms with Gasteiger partial charge in [0.15, 0.2) is 5.78 Å². The number of carbonyl (C=O) groups excluding carboxylic acids is 1. The number of ether oxygens (including phenoxy) is 1. The van der Waals surface area contributed by atoms with Gasteiger partial charge in [-0.3, -0.25) is 4.79 Å². The summed E-state index contributed by atoms with van der Waals surface area (Å²) in [5.41, 5.74) is 0.600. The second-order valence-electron chi connectivity index (χ2n) is 4.59. The van der Waals surface area contributed by atoms with Crippen LogP contribution in [0.5, 0.6) is 0 Å². The Morgan fingerprint density at radius 1 is 1.25 bits per heavy atom. The molecule has 84 valence electrons. The highest BCUT2D eigenvalue weighted by molar-refractivity contribution is 5.98. The fourth-order valence-corrected chi connectivity index (χ4v) is 2.74. The molecule has 0 amide bonds. The Kier molecular flexibility index (Phi) is 2.28. The van der Waals surface area contributed by atoms with Crippen molar-refractivity contribution in [1.29, 1.82) is 0 Å². The van der Waals surface area contributed by atoms with E-state index in [-0.39, 0.29) is 29.7 Å². The standard InChI is InChI=1S/C13H13FO2/c14-9-3-1-8(2-4-9)13(15)11-7-10-5-6-12(11)16-10/h1-4,10-12H,5-7H2. The van der Waals surface area contributed by atoms with Crippen LogP contribution in [0.2, 0.25) is 0 Å². The summed E-state index contributed by atoms with van der Waals surface area (Å²) in [4.78, 5) is 12.1. The molecule has 2 nitrogen and oxygen atoms in total. The molecule has 2 fully saturated rings. The molecule has 0 spiro atoms. The summed E-state index contributed by atoms with van der Waals surface area (Å²) in [6.07, 6.45) is 3.28. The fraction of sp³-hybridized carbons (Fsp3) is 0.462. The number of fused-ring (bicyclic) bond motifs is 2. The number of benzene rings is 1. The minimum atomic E-state index is -0.305. The highest BCUT2D eigenvalue weighted by Gasteiger charge is 2.44. The fourth-order valence-electron chi connectivity index (χ4n) is 2.74. The summed E-state index contributed by atoms with van der Waals surface area (Å²) in [5, 5.41) is 0. The third kappa shape index (κ3) is 1.55. The third-order valence-corrected chi connectivity index (χ3v) is 3.57. The molecule has 0 aromatic heterocycles. The molecule has 0 N–H and O–H groups in total. The molecule has 2 aliphatic heterocycles. The SMILES string of the molecule is O=C(c1ccc(F)cc1)C1CC2CCC1O2. The summed E-state index contributed by atoms with van der Waals surface area (Å²) in [7, 11) is 0. The van der Waals surface area contributed by atoms with E-state index in [1.165, 1.54) is 12.1 Å². The van der Waals surface area contributed by atoms with Crippen molar-refractivity contribution in [2.45, 2.75) is 31.5 Å². The van der Waals surface area contributed by atoms with Gasteiger partial charge in [-0.05, 0) is 43.5 Å². The largest absolute Gasteiger partial charge is 0.374 e. The van der Waals surface area contributed by atoms with Gasteiger partial charge >= 0.3 is 0 Å². The summed E-state index contributed by atoms with van der Waals surface area (Å²) in [5.74, 6) is -0.211. The number of rotatable bonds is 2. The Morgan fingerprint density at radius 2 is 2.00 bits per heavy atom. The minimum Gasteiger partial charge on any atom is -0.374 e. The van der Waals surface area contributed by atoms with Crippen LogP contribution in [-0.4, -0.2) is 18.0 Å². The first kappa shape index (κ1) is 9.97. The van der Waals surface area contributed by atoms with E-state index < -0.39 is 0 Å². The van der Waals surface area contributed by atoms with Crippen molar-refractivity contribution in [3.63, 3.8) is 0 Å². The van der Waals surface area contributed by atoms with E-state index in [0.29, 0.717) is 5.56 Å². The Morgan fingerprint density at radius 3 is 2.56 bits per heavy atom. The van der Waals surface area contributed by atoms with E-state index >= 15 is 0 Å². The summed E-state index contributed by atoms with van der Waals surface area (Å²) in [6, 6.07) is 5.79. The highest BCUT2D eigenvalue weighted by Crippen LogP contribution is 2.40. The van der Waals surface area contributed by atoms with Gasteiger partial charge in [-0.1, -0.05) is 0 Å². The zero-order valence-corrected chi connectivity index (χ0v) is 8.86. The molecule has 3 unspecified atom stereocenters. The molecule has 2 heterocycles. The average molecular weight is 220 g/mol. The lowest BCUT2D eigenvalue weighted by Gasteiger charge is -2.17. The molecule has 1 aromatic rings. The first-order chi connectivity index (χ1) is 7.74. The minimum absolute atomic E-state index is 0.00999. The van der Waals surface area contributed by atoms with E-state index in [9.17, 15) is 9.18 Å². The number of halogens is 1. The number of ketones is 1. The number of Topliss-reactive ketones (excluding diaryl/α,β-unsaturated/α-hetero) is 1. The van der Waals surface area contributed by atoms with E-state index in [0.717, 1.165) is 19.3 Å². The van der Waals surface area contributed by atoms with E-state index in [4.69, 9.17) is 4.74 Å². The zero-order chi connectivity index (χ0) is 11.1. The van der Waals surface area contributed by atoms with Gasteiger partial charge in [0, 0.05) is 5.56 Å². The van der Waals surface area contributed by atoms with Gasteiger partial charge < -0.3 is 4.74 Å². The second kappa shape index (κ2) is 3.67. The molecule has 1 aromatic carbocycles.